The summed E-state index contributed by atoms with van der Waals surface area (Å²) in [5.74, 6) is -0.00449. The summed E-state index contributed by atoms with van der Waals surface area (Å²) in [5.41, 5.74) is 0.525. The zero-order valence-corrected chi connectivity index (χ0v) is 12.6. The van der Waals surface area contributed by atoms with Crippen LogP contribution in [0.25, 0.3) is 0 Å². The van der Waals surface area contributed by atoms with Gasteiger partial charge >= 0.3 is 0 Å². The molecule has 1 aliphatic rings. The Morgan fingerprint density at radius 2 is 2.05 bits per heavy atom. The van der Waals surface area contributed by atoms with Crippen LogP contribution in [-0.4, -0.2) is 26.3 Å². The Labute approximate surface area is 118 Å². The van der Waals surface area contributed by atoms with Gasteiger partial charge in [-0.05, 0) is 43.4 Å². The van der Waals surface area contributed by atoms with Crippen molar-refractivity contribution in [2.45, 2.75) is 30.5 Å². The molecule has 0 spiro atoms. The highest BCUT2D eigenvalue weighted by atomic mass is 35.5. The molecule has 0 heterocycles. The number of alkyl halides is 1. The first-order chi connectivity index (χ1) is 8.86. The quantitative estimate of drug-likeness (QED) is 0.784. The Morgan fingerprint density at radius 1 is 1.42 bits per heavy atom. The lowest BCUT2D eigenvalue weighted by Crippen LogP contribution is -2.29. The summed E-state index contributed by atoms with van der Waals surface area (Å²) in [6.45, 7) is 2.07. The van der Waals surface area contributed by atoms with Gasteiger partial charge in [0.05, 0.1) is 10.8 Å². The van der Waals surface area contributed by atoms with Crippen molar-refractivity contribution in [3.05, 3.63) is 29.1 Å². The SMILES string of the molecule is Cc1cc(S(=O)(=O)N(C)CC2CC2)cc(CCl)c1F. The fourth-order valence-electron chi connectivity index (χ4n) is 2.00. The molecule has 0 saturated heterocycles. The summed E-state index contributed by atoms with van der Waals surface area (Å²) in [4.78, 5) is 0.116. The maximum Gasteiger partial charge on any atom is 0.242 e. The molecule has 106 valence electrons. The summed E-state index contributed by atoms with van der Waals surface area (Å²) in [7, 11) is -2.00. The molecular formula is C13H17ClFNO2S. The molecule has 1 aromatic rings. The van der Waals surface area contributed by atoms with Crippen LogP contribution in [0, 0.1) is 18.7 Å². The second-order valence-corrected chi connectivity index (χ2v) is 7.39. The van der Waals surface area contributed by atoms with E-state index in [0.717, 1.165) is 12.8 Å². The van der Waals surface area contributed by atoms with Crippen LogP contribution in [0.2, 0.25) is 0 Å². The van der Waals surface area contributed by atoms with Gasteiger partial charge in [-0.25, -0.2) is 17.1 Å². The third kappa shape index (κ3) is 3.09. The second kappa shape index (κ2) is 5.38. The Bertz CT molecular complexity index is 585. The molecule has 1 aromatic carbocycles. The monoisotopic (exact) mass is 305 g/mol. The summed E-state index contributed by atoms with van der Waals surface area (Å²) in [6, 6.07) is 2.69. The highest BCUT2D eigenvalue weighted by molar-refractivity contribution is 7.89. The van der Waals surface area contributed by atoms with Crippen LogP contribution in [0.15, 0.2) is 17.0 Å². The molecule has 1 saturated carbocycles. The van der Waals surface area contributed by atoms with E-state index in [9.17, 15) is 12.8 Å². The number of aryl methyl sites for hydroxylation is 1. The summed E-state index contributed by atoms with van der Waals surface area (Å²) in [5, 5.41) is 0. The molecule has 0 unspecified atom stereocenters. The minimum absolute atomic E-state index is 0.0393. The lowest BCUT2D eigenvalue weighted by molar-refractivity contribution is 0.452. The highest BCUT2D eigenvalue weighted by Crippen LogP contribution is 2.31. The Morgan fingerprint density at radius 3 is 2.58 bits per heavy atom. The molecule has 0 radical (unpaired) electrons. The van der Waals surface area contributed by atoms with Gasteiger partial charge in [0, 0.05) is 19.2 Å². The van der Waals surface area contributed by atoms with E-state index in [1.165, 1.54) is 16.4 Å². The molecule has 0 bridgehead atoms. The van der Waals surface area contributed by atoms with Crippen molar-refractivity contribution in [1.82, 2.24) is 4.31 Å². The van der Waals surface area contributed by atoms with Crippen molar-refractivity contribution in [3.63, 3.8) is 0 Å². The van der Waals surface area contributed by atoms with Crippen molar-refractivity contribution in [2.24, 2.45) is 5.92 Å². The molecule has 0 aliphatic heterocycles. The van der Waals surface area contributed by atoms with E-state index in [2.05, 4.69) is 0 Å². The van der Waals surface area contributed by atoms with E-state index < -0.39 is 15.8 Å². The predicted octanol–water partition coefficient (Wildman–Crippen LogP) is 2.90. The first kappa shape index (κ1) is 14.8. The Kier molecular flexibility index (Phi) is 4.18. The van der Waals surface area contributed by atoms with E-state index in [1.807, 2.05) is 0 Å². The van der Waals surface area contributed by atoms with Gasteiger partial charge in [-0.3, -0.25) is 0 Å². The third-order valence-electron chi connectivity index (χ3n) is 3.37. The molecule has 6 heteroatoms. The summed E-state index contributed by atoms with van der Waals surface area (Å²) >= 11 is 5.65. The first-order valence-electron chi connectivity index (χ1n) is 6.17. The molecular weight excluding hydrogens is 289 g/mol. The summed E-state index contributed by atoms with van der Waals surface area (Å²) in [6.07, 6.45) is 2.16. The lowest BCUT2D eigenvalue weighted by Gasteiger charge is -2.18. The van der Waals surface area contributed by atoms with Crippen molar-refractivity contribution >= 4 is 21.6 Å². The lowest BCUT2D eigenvalue weighted by atomic mass is 10.1. The van der Waals surface area contributed by atoms with Crippen LogP contribution < -0.4 is 0 Å². The van der Waals surface area contributed by atoms with Crippen LogP contribution in [0.3, 0.4) is 0 Å². The van der Waals surface area contributed by atoms with Gasteiger partial charge in [-0.1, -0.05) is 0 Å². The van der Waals surface area contributed by atoms with Crippen LogP contribution in [-0.2, 0) is 15.9 Å². The third-order valence-corrected chi connectivity index (χ3v) is 5.46. The van der Waals surface area contributed by atoms with Gasteiger partial charge in [0.15, 0.2) is 0 Å². The normalized spacial score (nSPS) is 16.1. The maximum atomic E-state index is 13.7. The zero-order valence-electron chi connectivity index (χ0n) is 11.0. The van der Waals surface area contributed by atoms with Gasteiger partial charge in [0.25, 0.3) is 0 Å². The van der Waals surface area contributed by atoms with Gasteiger partial charge < -0.3 is 0 Å². The zero-order chi connectivity index (χ0) is 14.2. The number of sulfonamides is 1. The Hall–Kier alpha value is -0.650. The van der Waals surface area contributed by atoms with Crippen molar-refractivity contribution < 1.29 is 12.8 Å². The van der Waals surface area contributed by atoms with Crippen LogP contribution in [0.5, 0.6) is 0 Å². The topological polar surface area (TPSA) is 37.4 Å². The minimum atomic E-state index is -3.56. The largest absolute Gasteiger partial charge is 0.242 e. The molecule has 0 aromatic heterocycles. The molecule has 19 heavy (non-hydrogen) atoms. The van der Waals surface area contributed by atoms with E-state index in [1.54, 1.807) is 14.0 Å². The average molecular weight is 306 g/mol. The number of hydrogen-bond acceptors (Lipinski definition) is 2. The van der Waals surface area contributed by atoms with Crippen LogP contribution in [0.1, 0.15) is 24.0 Å². The van der Waals surface area contributed by atoms with Crippen molar-refractivity contribution in [3.8, 4) is 0 Å². The molecule has 3 nitrogen and oxygen atoms in total. The predicted molar refractivity (Wildman–Crippen MR) is 73.2 cm³/mol. The van der Waals surface area contributed by atoms with Crippen LogP contribution in [0.4, 0.5) is 4.39 Å². The Balaban J connectivity index is 2.36. The van der Waals surface area contributed by atoms with Crippen molar-refractivity contribution in [1.29, 1.82) is 0 Å². The maximum absolute atomic E-state index is 13.7. The standard InChI is InChI=1S/C13H17ClFNO2S/c1-9-5-12(6-11(7-14)13(9)15)19(17,18)16(2)8-10-3-4-10/h5-6,10H,3-4,7-8H2,1-2H3. The first-order valence-corrected chi connectivity index (χ1v) is 8.15. The van der Waals surface area contributed by atoms with E-state index in [4.69, 9.17) is 11.6 Å². The molecule has 1 fully saturated rings. The van der Waals surface area contributed by atoms with Gasteiger partial charge in [-0.15, -0.1) is 11.6 Å². The van der Waals surface area contributed by atoms with Gasteiger partial charge in [0.1, 0.15) is 5.82 Å². The van der Waals surface area contributed by atoms with Gasteiger partial charge in [0.2, 0.25) is 10.0 Å². The molecule has 1 aliphatic carbocycles. The number of benzene rings is 1. The molecule has 0 N–H and O–H groups in total. The molecule has 0 amide bonds. The van der Waals surface area contributed by atoms with Crippen LogP contribution >= 0.6 is 11.6 Å². The van der Waals surface area contributed by atoms with E-state index >= 15 is 0 Å². The summed E-state index contributed by atoms with van der Waals surface area (Å²) < 4.78 is 39.8. The average Bonchev–Trinajstić information content (AvgIpc) is 3.16. The fraction of sp³-hybridized carbons (Fsp3) is 0.538. The van der Waals surface area contributed by atoms with Crippen molar-refractivity contribution in [2.75, 3.05) is 13.6 Å². The van der Waals surface area contributed by atoms with E-state index in [0.29, 0.717) is 18.0 Å². The number of nitrogens with zero attached hydrogens (tertiary/aromatic N) is 1. The molecule has 0 atom stereocenters. The van der Waals surface area contributed by atoms with Gasteiger partial charge in [-0.2, -0.15) is 0 Å². The highest BCUT2D eigenvalue weighted by Gasteiger charge is 2.29. The number of hydrogen-bond donors (Lipinski definition) is 0. The fourth-order valence-corrected chi connectivity index (χ4v) is 3.57. The smallest absolute Gasteiger partial charge is 0.207 e. The number of rotatable bonds is 5. The second-order valence-electron chi connectivity index (χ2n) is 5.08. The van der Waals surface area contributed by atoms with E-state index in [-0.39, 0.29) is 16.3 Å². The number of halogens is 2. The molecule has 2 rings (SSSR count). The minimum Gasteiger partial charge on any atom is -0.207 e.